The lowest BCUT2D eigenvalue weighted by molar-refractivity contribution is 0.222. The molecule has 0 bridgehead atoms. The zero-order valence-corrected chi connectivity index (χ0v) is 20.3. The monoisotopic (exact) mass is 456 g/mol. The number of thiophene rings is 1. The summed E-state index contributed by atoms with van der Waals surface area (Å²) in [5.41, 5.74) is 2.47. The molecule has 0 aliphatic heterocycles. The van der Waals surface area contributed by atoms with Crippen LogP contribution < -0.4 is 10.9 Å². The highest BCUT2D eigenvalue weighted by molar-refractivity contribution is 7.18. The summed E-state index contributed by atoms with van der Waals surface area (Å²) in [6.07, 6.45) is 5.26. The zero-order chi connectivity index (χ0) is 22.9. The Balaban J connectivity index is 1.47. The van der Waals surface area contributed by atoms with Gasteiger partial charge >= 0.3 is 0 Å². The molecule has 1 atom stereocenters. The Bertz CT molecular complexity index is 1130. The molecule has 0 fully saturated rings. The van der Waals surface area contributed by atoms with E-state index >= 15 is 0 Å². The molecule has 7 heteroatoms. The zero-order valence-electron chi connectivity index (χ0n) is 19.4. The number of hydrogen-bond donors (Lipinski definition) is 1. The maximum Gasteiger partial charge on any atom is 0.262 e. The van der Waals surface area contributed by atoms with Crippen LogP contribution in [0.15, 0.2) is 35.4 Å². The number of nitrogens with one attached hydrogen (secondary N) is 1. The van der Waals surface area contributed by atoms with Crippen LogP contribution in [-0.2, 0) is 25.8 Å². The molecule has 172 valence electrons. The number of aryl methyl sites for hydroxylation is 3. The van der Waals surface area contributed by atoms with Gasteiger partial charge in [-0.15, -0.1) is 11.3 Å². The Kier molecular flexibility index (Phi) is 6.79. The van der Waals surface area contributed by atoms with Crippen LogP contribution in [0.3, 0.4) is 0 Å². The molecule has 1 unspecified atom stereocenters. The summed E-state index contributed by atoms with van der Waals surface area (Å²) < 4.78 is 14.8. The van der Waals surface area contributed by atoms with Crippen molar-refractivity contribution >= 4 is 21.6 Å². The predicted molar refractivity (Wildman–Crippen MR) is 130 cm³/mol. The lowest BCUT2D eigenvalue weighted by Gasteiger charge is -2.32. The number of halogens is 1. The molecule has 0 saturated carbocycles. The van der Waals surface area contributed by atoms with Gasteiger partial charge in [0.05, 0.1) is 11.7 Å². The Labute approximate surface area is 193 Å². The highest BCUT2D eigenvalue weighted by Crippen LogP contribution is 2.34. The predicted octanol–water partition coefficient (Wildman–Crippen LogP) is 3.87. The van der Waals surface area contributed by atoms with Crippen molar-refractivity contribution in [3.63, 3.8) is 0 Å². The van der Waals surface area contributed by atoms with Gasteiger partial charge in [-0.05, 0) is 68.5 Å². The first-order chi connectivity index (χ1) is 15.2. The van der Waals surface area contributed by atoms with Crippen LogP contribution in [0.1, 0.15) is 36.3 Å². The summed E-state index contributed by atoms with van der Waals surface area (Å²) in [6, 6.07) is 6.90. The van der Waals surface area contributed by atoms with E-state index in [0.29, 0.717) is 19.0 Å². The SMILES string of the molecule is CN(C)CC(C)(C)CNC1CCc2c(sc3ncn(CCc4ccc(F)cc4)c(=O)c23)C1. The van der Waals surface area contributed by atoms with E-state index in [1.165, 1.54) is 22.6 Å². The molecule has 2 heterocycles. The second-order valence-electron chi connectivity index (χ2n) is 10.0. The highest BCUT2D eigenvalue weighted by atomic mass is 32.1. The van der Waals surface area contributed by atoms with Crippen LogP contribution in [0.5, 0.6) is 0 Å². The summed E-state index contributed by atoms with van der Waals surface area (Å²) in [5.74, 6) is -0.243. The van der Waals surface area contributed by atoms with E-state index in [1.807, 2.05) is 0 Å². The Morgan fingerprint density at radius 1 is 1.28 bits per heavy atom. The minimum atomic E-state index is -0.243. The summed E-state index contributed by atoms with van der Waals surface area (Å²) in [7, 11) is 4.23. The van der Waals surface area contributed by atoms with Gasteiger partial charge in [-0.25, -0.2) is 9.37 Å². The molecule has 2 aromatic heterocycles. The Hall–Kier alpha value is -2.09. The van der Waals surface area contributed by atoms with Gasteiger partial charge in [0.2, 0.25) is 0 Å². The number of rotatable bonds is 8. The van der Waals surface area contributed by atoms with Crippen molar-refractivity contribution in [2.45, 2.75) is 52.1 Å². The number of benzene rings is 1. The lowest BCUT2D eigenvalue weighted by Crippen LogP contribution is -2.43. The molecule has 0 saturated heterocycles. The maximum atomic E-state index is 13.2. The molecule has 1 N–H and O–H groups in total. The minimum absolute atomic E-state index is 0.0492. The van der Waals surface area contributed by atoms with E-state index in [0.717, 1.165) is 48.1 Å². The standard InChI is InChI=1S/C25H33FN4OS/c1-25(2,15-29(3)4)14-27-19-9-10-20-21(13-19)32-23-22(20)24(31)30(16-28-23)12-11-17-5-7-18(26)8-6-17/h5-8,16,19,27H,9-15H2,1-4H3. The third-order valence-corrected chi connectivity index (χ3v) is 7.37. The van der Waals surface area contributed by atoms with E-state index in [9.17, 15) is 9.18 Å². The molecule has 4 rings (SSSR count). The number of aromatic nitrogens is 2. The van der Waals surface area contributed by atoms with Gasteiger partial charge in [-0.3, -0.25) is 9.36 Å². The van der Waals surface area contributed by atoms with Crippen LogP contribution >= 0.6 is 11.3 Å². The van der Waals surface area contributed by atoms with Crippen LogP contribution in [0, 0.1) is 11.2 Å². The Morgan fingerprint density at radius 2 is 2.03 bits per heavy atom. The van der Waals surface area contributed by atoms with Crippen molar-refractivity contribution in [3.05, 3.63) is 62.8 Å². The molecular weight excluding hydrogens is 423 g/mol. The molecule has 0 spiro atoms. The van der Waals surface area contributed by atoms with Gasteiger partial charge in [0.15, 0.2) is 0 Å². The van der Waals surface area contributed by atoms with Gasteiger partial charge in [0.25, 0.3) is 5.56 Å². The molecule has 0 amide bonds. The lowest BCUT2D eigenvalue weighted by atomic mass is 9.89. The van der Waals surface area contributed by atoms with Crippen LogP contribution in [0.25, 0.3) is 10.2 Å². The fourth-order valence-corrected chi connectivity index (χ4v) is 6.03. The molecule has 32 heavy (non-hydrogen) atoms. The first-order valence-corrected chi connectivity index (χ1v) is 12.2. The fraction of sp³-hybridized carbons (Fsp3) is 0.520. The first kappa shape index (κ1) is 23.1. The Morgan fingerprint density at radius 3 is 2.75 bits per heavy atom. The van der Waals surface area contributed by atoms with Gasteiger partial charge < -0.3 is 10.2 Å². The molecule has 1 aliphatic rings. The van der Waals surface area contributed by atoms with Crippen molar-refractivity contribution in [2.75, 3.05) is 27.2 Å². The van der Waals surface area contributed by atoms with E-state index in [-0.39, 0.29) is 16.8 Å². The van der Waals surface area contributed by atoms with Crippen molar-refractivity contribution in [2.24, 2.45) is 5.41 Å². The molecule has 1 aliphatic carbocycles. The van der Waals surface area contributed by atoms with E-state index < -0.39 is 0 Å². The molecule has 5 nitrogen and oxygen atoms in total. The second-order valence-corrected chi connectivity index (χ2v) is 11.1. The van der Waals surface area contributed by atoms with Crippen molar-refractivity contribution in [3.8, 4) is 0 Å². The number of nitrogens with zero attached hydrogens (tertiary/aromatic N) is 3. The normalized spacial score (nSPS) is 16.6. The van der Waals surface area contributed by atoms with Gasteiger partial charge in [0, 0.05) is 30.6 Å². The summed E-state index contributed by atoms with van der Waals surface area (Å²) >= 11 is 1.67. The van der Waals surface area contributed by atoms with Crippen molar-refractivity contribution < 1.29 is 4.39 Å². The summed E-state index contributed by atoms with van der Waals surface area (Å²) in [4.78, 5) is 22.2. The average Bonchev–Trinajstić information content (AvgIpc) is 3.10. The maximum absolute atomic E-state index is 13.2. The highest BCUT2D eigenvalue weighted by Gasteiger charge is 2.27. The van der Waals surface area contributed by atoms with Gasteiger partial charge in [0.1, 0.15) is 10.6 Å². The van der Waals surface area contributed by atoms with Crippen LogP contribution in [0.2, 0.25) is 0 Å². The van der Waals surface area contributed by atoms with Gasteiger partial charge in [-0.1, -0.05) is 26.0 Å². The van der Waals surface area contributed by atoms with E-state index in [2.05, 4.69) is 43.1 Å². The van der Waals surface area contributed by atoms with E-state index in [1.54, 1.807) is 34.4 Å². The topological polar surface area (TPSA) is 50.2 Å². The molecule has 0 radical (unpaired) electrons. The summed E-state index contributed by atoms with van der Waals surface area (Å²) in [5, 5.41) is 4.57. The van der Waals surface area contributed by atoms with Crippen molar-refractivity contribution in [1.29, 1.82) is 0 Å². The van der Waals surface area contributed by atoms with Crippen LogP contribution in [0.4, 0.5) is 4.39 Å². The quantitative estimate of drug-likeness (QED) is 0.559. The third-order valence-electron chi connectivity index (χ3n) is 6.20. The molecule has 3 aromatic rings. The first-order valence-electron chi connectivity index (χ1n) is 11.3. The third kappa shape index (κ3) is 5.27. The second kappa shape index (κ2) is 9.41. The number of fused-ring (bicyclic) bond motifs is 3. The fourth-order valence-electron chi connectivity index (χ4n) is 4.77. The molecule has 1 aromatic carbocycles. The van der Waals surface area contributed by atoms with Crippen molar-refractivity contribution in [1.82, 2.24) is 19.8 Å². The summed E-state index contributed by atoms with van der Waals surface area (Å²) in [6.45, 7) is 7.16. The van der Waals surface area contributed by atoms with Crippen LogP contribution in [-0.4, -0.2) is 47.7 Å². The molecular formula is C25H33FN4OS. The smallest absolute Gasteiger partial charge is 0.262 e. The minimum Gasteiger partial charge on any atom is -0.313 e. The van der Waals surface area contributed by atoms with E-state index in [4.69, 9.17) is 0 Å². The average molecular weight is 457 g/mol. The largest absolute Gasteiger partial charge is 0.313 e. The number of hydrogen-bond acceptors (Lipinski definition) is 5. The van der Waals surface area contributed by atoms with Gasteiger partial charge in [-0.2, -0.15) is 0 Å².